The van der Waals surface area contributed by atoms with Gasteiger partial charge in [-0.3, -0.25) is 4.68 Å². The summed E-state index contributed by atoms with van der Waals surface area (Å²) in [6.07, 6.45) is 2.07. The van der Waals surface area contributed by atoms with Gasteiger partial charge in [-0.2, -0.15) is 5.10 Å². The van der Waals surface area contributed by atoms with E-state index in [2.05, 4.69) is 25.9 Å². The average Bonchev–Trinajstić information content (AvgIpc) is 2.57. The standard InChI is InChI=1S/C12H20BrN3O/c1-12(2,17)9-4-6-16(7-5-9)11-8-10(13)14-15(11)3/h8-9,17H,4-7H2,1-3H3. The van der Waals surface area contributed by atoms with Gasteiger partial charge in [0.1, 0.15) is 10.4 Å². The summed E-state index contributed by atoms with van der Waals surface area (Å²) in [5.41, 5.74) is -0.556. The monoisotopic (exact) mass is 301 g/mol. The predicted molar refractivity (Wildman–Crippen MR) is 72.1 cm³/mol. The molecule has 17 heavy (non-hydrogen) atoms. The van der Waals surface area contributed by atoms with Gasteiger partial charge < -0.3 is 10.0 Å². The van der Waals surface area contributed by atoms with Crippen LogP contribution in [0, 0.1) is 5.92 Å². The van der Waals surface area contributed by atoms with Gasteiger partial charge in [-0.05, 0) is 48.5 Å². The molecule has 0 spiro atoms. The summed E-state index contributed by atoms with van der Waals surface area (Å²) in [7, 11) is 1.96. The zero-order valence-electron chi connectivity index (χ0n) is 10.6. The lowest BCUT2D eigenvalue weighted by molar-refractivity contribution is 0.00642. The largest absolute Gasteiger partial charge is 0.390 e. The Kier molecular flexibility index (Phi) is 3.50. The normalized spacial score (nSPS) is 18.8. The lowest BCUT2D eigenvalue weighted by atomic mass is 9.83. The summed E-state index contributed by atoms with van der Waals surface area (Å²) in [5, 5.41) is 14.3. The van der Waals surface area contributed by atoms with Crippen LogP contribution in [0.25, 0.3) is 0 Å². The zero-order valence-corrected chi connectivity index (χ0v) is 12.2. The first-order valence-corrected chi connectivity index (χ1v) is 6.84. The molecule has 0 unspecified atom stereocenters. The summed E-state index contributed by atoms with van der Waals surface area (Å²) in [4.78, 5) is 2.33. The molecule has 0 atom stereocenters. The molecule has 5 heteroatoms. The van der Waals surface area contributed by atoms with Crippen LogP contribution in [-0.2, 0) is 7.05 Å². The molecule has 4 nitrogen and oxygen atoms in total. The zero-order chi connectivity index (χ0) is 12.6. The van der Waals surface area contributed by atoms with Crippen molar-refractivity contribution >= 4 is 21.7 Å². The Hall–Kier alpha value is -0.550. The molecule has 0 bridgehead atoms. The first-order valence-electron chi connectivity index (χ1n) is 6.05. The molecule has 2 heterocycles. The van der Waals surface area contributed by atoms with Gasteiger partial charge in [0.05, 0.1) is 5.60 Å². The second-order valence-corrected chi connectivity index (χ2v) is 6.18. The minimum absolute atomic E-state index is 0.399. The fourth-order valence-corrected chi connectivity index (χ4v) is 2.98. The van der Waals surface area contributed by atoms with Crippen LogP contribution < -0.4 is 4.90 Å². The highest BCUT2D eigenvalue weighted by Crippen LogP contribution is 2.30. The molecule has 1 aliphatic heterocycles. The summed E-state index contributed by atoms with van der Waals surface area (Å²) in [5.74, 6) is 1.54. The van der Waals surface area contributed by atoms with Crippen LogP contribution in [0.5, 0.6) is 0 Å². The molecule has 0 saturated carbocycles. The Morgan fingerprint density at radius 1 is 1.41 bits per heavy atom. The van der Waals surface area contributed by atoms with Gasteiger partial charge in [-0.25, -0.2) is 0 Å². The second-order valence-electron chi connectivity index (χ2n) is 5.36. The molecule has 0 radical (unpaired) electrons. The molecule has 1 aromatic rings. The molecule has 0 aliphatic carbocycles. The first kappa shape index (κ1) is 12.9. The quantitative estimate of drug-likeness (QED) is 0.910. The van der Waals surface area contributed by atoms with E-state index in [1.807, 2.05) is 31.6 Å². The van der Waals surface area contributed by atoms with Crippen LogP contribution in [0.2, 0.25) is 0 Å². The SMILES string of the molecule is Cn1nc(Br)cc1N1CCC(C(C)(C)O)CC1. The molecule has 0 amide bonds. The Labute approximate surface area is 111 Å². The van der Waals surface area contributed by atoms with Gasteiger partial charge in [0.2, 0.25) is 0 Å². The fraction of sp³-hybridized carbons (Fsp3) is 0.750. The maximum Gasteiger partial charge on any atom is 0.130 e. The molecule has 1 fully saturated rings. The summed E-state index contributed by atoms with van der Waals surface area (Å²) >= 11 is 3.39. The molecule has 1 saturated heterocycles. The molecule has 1 N–H and O–H groups in total. The highest BCUT2D eigenvalue weighted by atomic mass is 79.9. The number of aromatic nitrogens is 2. The topological polar surface area (TPSA) is 41.3 Å². The second kappa shape index (κ2) is 4.61. The smallest absolute Gasteiger partial charge is 0.130 e. The maximum absolute atomic E-state index is 10.0. The van der Waals surface area contributed by atoms with Crippen LogP contribution in [-0.4, -0.2) is 33.6 Å². The minimum atomic E-state index is -0.556. The Balaban J connectivity index is 2.02. The molecule has 2 rings (SSSR count). The highest BCUT2D eigenvalue weighted by Gasteiger charge is 2.31. The van der Waals surface area contributed by atoms with Gasteiger partial charge in [0.15, 0.2) is 0 Å². The van der Waals surface area contributed by atoms with Crippen LogP contribution in [0.3, 0.4) is 0 Å². The fourth-order valence-electron chi connectivity index (χ4n) is 2.53. The Bertz CT molecular complexity index is 389. The summed E-state index contributed by atoms with van der Waals surface area (Å²) in [6, 6.07) is 2.05. The van der Waals surface area contributed by atoms with Crippen LogP contribution >= 0.6 is 15.9 Å². The first-order chi connectivity index (χ1) is 7.88. The van der Waals surface area contributed by atoms with Crippen molar-refractivity contribution in [1.29, 1.82) is 0 Å². The summed E-state index contributed by atoms with van der Waals surface area (Å²) in [6.45, 7) is 5.79. The van der Waals surface area contributed by atoms with Gasteiger partial charge in [-0.1, -0.05) is 0 Å². The van der Waals surface area contributed by atoms with E-state index in [1.165, 1.54) is 0 Å². The third-order valence-electron chi connectivity index (χ3n) is 3.64. The molecular weight excluding hydrogens is 282 g/mol. The number of rotatable bonds is 2. The van der Waals surface area contributed by atoms with E-state index in [0.29, 0.717) is 5.92 Å². The van der Waals surface area contributed by atoms with Crippen molar-refractivity contribution in [3.63, 3.8) is 0 Å². The molecular formula is C12H20BrN3O. The molecule has 96 valence electrons. The average molecular weight is 302 g/mol. The van der Waals surface area contributed by atoms with Crippen molar-refractivity contribution in [2.75, 3.05) is 18.0 Å². The van der Waals surface area contributed by atoms with Gasteiger partial charge in [-0.15, -0.1) is 0 Å². The van der Waals surface area contributed by atoms with Crippen molar-refractivity contribution in [2.45, 2.75) is 32.3 Å². The maximum atomic E-state index is 10.0. The van der Waals surface area contributed by atoms with Crippen LogP contribution in [0.15, 0.2) is 10.7 Å². The van der Waals surface area contributed by atoms with Crippen molar-refractivity contribution in [2.24, 2.45) is 13.0 Å². The van der Waals surface area contributed by atoms with Gasteiger partial charge >= 0.3 is 0 Å². The number of aliphatic hydroxyl groups is 1. The number of halogens is 1. The van der Waals surface area contributed by atoms with E-state index in [-0.39, 0.29) is 0 Å². The third-order valence-corrected chi connectivity index (χ3v) is 4.03. The molecule has 1 aliphatic rings. The molecule has 1 aromatic heterocycles. The lowest BCUT2D eigenvalue weighted by Crippen LogP contribution is -2.42. The third kappa shape index (κ3) is 2.83. The number of aryl methyl sites for hydroxylation is 1. The van der Waals surface area contributed by atoms with E-state index in [4.69, 9.17) is 0 Å². The van der Waals surface area contributed by atoms with E-state index < -0.39 is 5.60 Å². The number of hydrogen-bond acceptors (Lipinski definition) is 3. The number of piperidine rings is 1. The van der Waals surface area contributed by atoms with E-state index >= 15 is 0 Å². The highest BCUT2D eigenvalue weighted by molar-refractivity contribution is 9.10. The van der Waals surface area contributed by atoms with E-state index in [9.17, 15) is 5.11 Å². The van der Waals surface area contributed by atoms with Crippen molar-refractivity contribution < 1.29 is 5.11 Å². The Morgan fingerprint density at radius 3 is 2.41 bits per heavy atom. The number of anilines is 1. The number of nitrogens with zero attached hydrogens (tertiary/aromatic N) is 3. The van der Waals surface area contributed by atoms with Crippen molar-refractivity contribution in [3.8, 4) is 0 Å². The summed E-state index contributed by atoms with van der Waals surface area (Å²) < 4.78 is 2.77. The van der Waals surface area contributed by atoms with Gasteiger partial charge in [0, 0.05) is 26.2 Å². The van der Waals surface area contributed by atoms with Crippen molar-refractivity contribution in [1.82, 2.24) is 9.78 Å². The Morgan fingerprint density at radius 2 is 2.00 bits per heavy atom. The lowest BCUT2D eigenvalue weighted by Gasteiger charge is -2.38. The van der Waals surface area contributed by atoms with Crippen LogP contribution in [0.4, 0.5) is 5.82 Å². The van der Waals surface area contributed by atoms with Crippen molar-refractivity contribution in [3.05, 3.63) is 10.7 Å². The predicted octanol–water partition coefficient (Wildman–Crippen LogP) is 2.17. The van der Waals surface area contributed by atoms with E-state index in [0.717, 1.165) is 36.4 Å². The van der Waals surface area contributed by atoms with E-state index in [1.54, 1.807) is 0 Å². The minimum Gasteiger partial charge on any atom is -0.390 e. The van der Waals surface area contributed by atoms with Crippen LogP contribution in [0.1, 0.15) is 26.7 Å². The number of hydrogen-bond donors (Lipinski definition) is 1. The molecule has 0 aromatic carbocycles. The van der Waals surface area contributed by atoms with Gasteiger partial charge in [0.25, 0.3) is 0 Å².